The minimum atomic E-state index is -0.225. The molecule has 0 saturated heterocycles. The van der Waals surface area contributed by atoms with E-state index in [2.05, 4.69) is 25.3 Å². The Labute approximate surface area is 202 Å². The molecule has 0 saturated carbocycles. The summed E-state index contributed by atoms with van der Waals surface area (Å²) < 4.78 is 9.00. The van der Waals surface area contributed by atoms with E-state index in [1.165, 1.54) is 13.2 Å². The van der Waals surface area contributed by atoms with Gasteiger partial charge < -0.3 is 19.6 Å². The Bertz CT molecular complexity index is 1340. The van der Waals surface area contributed by atoms with E-state index in [0.717, 1.165) is 23.3 Å². The van der Waals surface area contributed by atoms with Crippen molar-refractivity contribution in [1.29, 1.82) is 0 Å². The number of nitrogens with zero attached hydrogens (tertiary/aromatic N) is 5. The topological polar surface area (TPSA) is 110 Å². The van der Waals surface area contributed by atoms with Gasteiger partial charge in [-0.25, -0.2) is 4.98 Å². The molecular weight excluding hydrogens is 446 g/mol. The van der Waals surface area contributed by atoms with Crippen LogP contribution in [-0.2, 0) is 26.1 Å². The summed E-state index contributed by atoms with van der Waals surface area (Å²) >= 11 is 0. The van der Waals surface area contributed by atoms with Crippen LogP contribution >= 0.6 is 0 Å². The summed E-state index contributed by atoms with van der Waals surface area (Å²) in [6.07, 6.45) is 4.93. The molecule has 0 unspecified atom stereocenters. The molecule has 182 valence electrons. The molecule has 5 rings (SSSR count). The average molecular weight is 476 g/mol. The van der Waals surface area contributed by atoms with Crippen LogP contribution < -0.4 is 15.6 Å². The number of fused-ring (bicyclic) bond motifs is 2. The highest BCUT2D eigenvalue weighted by atomic mass is 16.5. The molecule has 10 heteroatoms. The van der Waals surface area contributed by atoms with E-state index in [0.29, 0.717) is 62.7 Å². The van der Waals surface area contributed by atoms with Crippen molar-refractivity contribution in [3.05, 3.63) is 76.2 Å². The average Bonchev–Trinajstić information content (AvgIpc) is 3.48. The molecule has 0 fully saturated rings. The van der Waals surface area contributed by atoms with E-state index in [9.17, 15) is 9.59 Å². The van der Waals surface area contributed by atoms with E-state index in [1.807, 2.05) is 41.2 Å². The third kappa shape index (κ3) is 4.97. The number of H-pyrrole nitrogens is 1. The van der Waals surface area contributed by atoms with Crippen molar-refractivity contribution in [1.82, 2.24) is 34.5 Å². The molecule has 4 aromatic rings. The van der Waals surface area contributed by atoms with Gasteiger partial charge in [0.05, 0.1) is 24.7 Å². The monoisotopic (exact) mass is 475 g/mol. The van der Waals surface area contributed by atoms with Crippen LogP contribution in [-0.4, -0.2) is 61.9 Å². The number of hydrogen-bond donors (Lipinski definition) is 2. The predicted octanol–water partition coefficient (Wildman–Crippen LogP) is 1.81. The van der Waals surface area contributed by atoms with Gasteiger partial charge in [-0.05, 0) is 24.6 Å². The Morgan fingerprint density at radius 3 is 2.89 bits per heavy atom. The van der Waals surface area contributed by atoms with Crippen LogP contribution in [0.25, 0.3) is 11.0 Å². The second-order valence-electron chi connectivity index (χ2n) is 8.63. The maximum absolute atomic E-state index is 13.2. The van der Waals surface area contributed by atoms with Crippen LogP contribution in [0.5, 0.6) is 5.75 Å². The van der Waals surface area contributed by atoms with E-state index < -0.39 is 0 Å². The molecule has 0 bridgehead atoms. The van der Waals surface area contributed by atoms with Crippen molar-refractivity contribution in [3.8, 4) is 5.75 Å². The zero-order chi connectivity index (χ0) is 24.2. The van der Waals surface area contributed by atoms with Gasteiger partial charge in [0.2, 0.25) is 0 Å². The third-order valence-corrected chi connectivity index (χ3v) is 6.35. The van der Waals surface area contributed by atoms with E-state index in [1.54, 1.807) is 10.8 Å². The zero-order valence-corrected chi connectivity index (χ0v) is 19.7. The molecule has 4 heterocycles. The lowest BCUT2D eigenvalue weighted by atomic mass is 10.1. The number of aromatic amines is 1. The fourth-order valence-electron chi connectivity index (χ4n) is 4.61. The Hall–Kier alpha value is -3.92. The molecule has 10 nitrogen and oxygen atoms in total. The first kappa shape index (κ1) is 22.9. The first-order valence-electron chi connectivity index (χ1n) is 11.8. The van der Waals surface area contributed by atoms with Gasteiger partial charge in [-0.1, -0.05) is 12.1 Å². The first-order chi connectivity index (χ1) is 17.1. The van der Waals surface area contributed by atoms with Crippen LogP contribution in [0.1, 0.15) is 28.3 Å². The molecule has 1 amide bonds. The second-order valence-corrected chi connectivity index (χ2v) is 8.63. The number of methoxy groups -OCH3 is 1. The minimum Gasteiger partial charge on any atom is -0.496 e. The highest BCUT2D eigenvalue weighted by Gasteiger charge is 2.25. The SMILES string of the molecule is COc1cc(=O)n2c(c1C(=O)NCCCn1cccn1)CCN(Cc1nc3ccccc3[nH]1)CC2. The van der Waals surface area contributed by atoms with Gasteiger partial charge in [0.25, 0.3) is 11.5 Å². The highest BCUT2D eigenvalue weighted by Crippen LogP contribution is 2.23. The number of imidazole rings is 1. The normalized spacial score (nSPS) is 14.0. The standard InChI is InChI=1S/C25H29N7O3/c1-35-21-16-23(33)32-15-14-30(17-22-28-18-6-2-3-7-19(18)29-22)13-8-20(32)24(21)25(34)26-9-4-11-31-12-5-10-27-31/h2-3,5-7,10,12,16H,4,8-9,11,13-15,17H2,1H3,(H,26,34)(H,28,29). The molecule has 2 N–H and O–H groups in total. The largest absolute Gasteiger partial charge is 0.496 e. The van der Waals surface area contributed by atoms with Crippen molar-refractivity contribution >= 4 is 16.9 Å². The Morgan fingerprint density at radius 2 is 2.09 bits per heavy atom. The lowest BCUT2D eigenvalue weighted by Crippen LogP contribution is -2.32. The van der Waals surface area contributed by atoms with E-state index in [4.69, 9.17) is 4.74 Å². The number of para-hydroxylation sites is 2. The number of ether oxygens (including phenoxy) is 1. The van der Waals surface area contributed by atoms with Gasteiger partial charge in [0.15, 0.2) is 0 Å². The molecule has 1 aromatic carbocycles. The maximum atomic E-state index is 13.2. The number of pyridine rings is 1. The molecule has 0 radical (unpaired) electrons. The lowest BCUT2D eigenvalue weighted by molar-refractivity contribution is 0.0947. The second kappa shape index (κ2) is 10.1. The van der Waals surface area contributed by atoms with Crippen LogP contribution in [0, 0.1) is 0 Å². The Kier molecular flexibility index (Phi) is 6.62. The summed E-state index contributed by atoms with van der Waals surface area (Å²) in [4.78, 5) is 36.4. The summed E-state index contributed by atoms with van der Waals surface area (Å²) in [6, 6.07) is 11.2. The highest BCUT2D eigenvalue weighted by molar-refractivity contribution is 5.98. The summed E-state index contributed by atoms with van der Waals surface area (Å²) in [7, 11) is 1.49. The lowest BCUT2D eigenvalue weighted by Gasteiger charge is -2.17. The number of rotatable bonds is 8. The quantitative estimate of drug-likeness (QED) is 0.376. The number of carbonyl (C=O) groups is 1. The van der Waals surface area contributed by atoms with Gasteiger partial charge in [-0.2, -0.15) is 5.10 Å². The molecular formula is C25H29N7O3. The Morgan fingerprint density at radius 1 is 1.20 bits per heavy atom. The van der Waals surface area contributed by atoms with Crippen LogP contribution in [0.3, 0.4) is 0 Å². The van der Waals surface area contributed by atoms with Gasteiger partial charge in [-0.3, -0.25) is 19.2 Å². The fourth-order valence-corrected chi connectivity index (χ4v) is 4.61. The van der Waals surface area contributed by atoms with Gasteiger partial charge in [0, 0.05) is 63.3 Å². The molecule has 0 spiro atoms. The number of aromatic nitrogens is 5. The number of hydrogen-bond acceptors (Lipinski definition) is 6. The molecule has 0 aliphatic carbocycles. The summed E-state index contributed by atoms with van der Waals surface area (Å²) in [5.74, 6) is 0.977. The van der Waals surface area contributed by atoms with E-state index in [-0.39, 0.29) is 11.5 Å². The number of aryl methyl sites for hydroxylation is 1. The number of nitrogens with one attached hydrogen (secondary N) is 2. The van der Waals surface area contributed by atoms with Crippen molar-refractivity contribution in [3.63, 3.8) is 0 Å². The zero-order valence-electron chi connectivity index (χ0n) is 19.7. The third-order valence-electron chi connectivity index (χ3n) is 6.35. The molecule has 1 aliphatic rings. The first-order valence-corrected chi connectivity index (χ1v) is 11.8. The molecule has 3 aromatic heterocycles. The number of amides is 1. The number of carbonyl (C=O) groups excluding carboxylic acids is 1. The van der Waals surface area contributed by atoms with Crippen molar-refractivity contribution in [2.45, 2.75) is 32.5 Å². The smallest absolute Gasteiger partial charge is 0.256 e. The van der Waals surface area contributed by atoms with Crippen molar-refractivity contribution in [2.24, 2.45) is 0 Å². The van der Waals surface area contributed by atoms with Crippen LogP contribution in [0.2, 0.25) is 0 Å². The van der Waals surface area contributed by atoms with Crippen LogP contribution in [0.4, 0.5) is 0 Å². The molecule has 0 atom stereocenters. The molecule has 35 heavy (non-hydrogen) atoms. The van der Waals surface area contributed by atoms with Gasteiger partial charge in [0.1, 0.15) is 17.1 Å². The van der Waals surface area contributed by atoms with Crippen molar-refractivity contribution < 1.29 is 9.53 Å². The number of benzene rings is 1. The molecule has 1 aliphatic heterocycles. The predicted molar refractivity (Wildman–Crippen MR) is 132 cm³/mol. The summed E-state index contributed by atoms with van der Waals surface area (Å²) in [5.41, 5.74) is 2.95. The Balaban J connectivity index is 1.30. The summed E-state index contributed by atoms with van der Waals surface area (Å²) in [5, 5.41) is 7.17. The minimum absolute atomic E-state index is 0.155. The summed E-state index contributed by atoms with van der Waals surface area (Å²) in [6.45, 7) is 3.73. The van der Waals surface area contributed by atoms with Gasteiger partial charge >= 0.3 is 0 Å². The fraction of sp³-hybridized carbons (Fsp3) is 0.360. The van der Waals surface area contributed by atoms with Gasteiger partial charge in [-0.15, -0.1) is 0 Å². The van der Waals surface area contributed by atoms with Crippen molar-refractivity contribution in [2.75, 3.05) is 26.7 Å². The van der Waals surface area contributed by atoms with E-state index >= 15 is 0 Å². The maximum Gasteiger partial charge on any atom is 0.256 e. The van der Waals surface area contributed by atoms with Crippen LogP contribution in [0.15, 0.2) is 53.6 Å².